The van der Waals surface area contributed by atoms with Crippen LogP contribution in [0, 0.1) is 0 Å². The van der Waals surface area contributed by atoms with Gasteiger partial charge in [-0.1, -0.05) is 6.07 Å². The van der Waals surface area contributed by atoms with Crippen LogP contribution in [0.5, 0.6) is 17.2 Å². The first kappa shape index (κ1) is 19.3. The molecular weight excluding hydrogens is 364 g/mol. The van der Waals surface area contributed by atoms with Gasteiger partial charge in [0.25, 0.3) is 0 Å². The van der Waals surface area contributed by atoms with Crippen molar-refractivity contribution in [2.75, 3.05) is 27.4 Å². The first-order chi connectivity index (χ1) is 13.6. The maximum atomic E-state index is 12.9. The number of hydrogen-bond acceptors (Lipinski definition) is 7. The largest absolute Gasteiger partial charge is 0.493 e. The van der Waals surface area contributed by atoms with Gasteiger partial charge >= 0.3 is 5.97 Å². The highest BCUT2D eigenvalue weighted by atomic mass is 16.6. The van der Waals surface area contributed by atoms with Crippen molar-refractivity contribution < 1.29 is 28.2 Å². The molecule has 7 heteroatoms. The summed E-state index contributed by atoms with van der Waals surface area (Å²) >= 11 is 0. The van der Waals surface area contributed by atoms with Crippen LogP contribution in [0.15, 0.2) is 51.9 Å². The summed E-state index contributed by atoms with van der Waals surface area (Å²) in [5, 5.41) is 0.399. The van der Waals surface area contributed by atoms with E-state index in [0.717, 1.165) is 0 Å². The fraction of sp³-hybridized carbons (Fsp3) is 0.238. The van der Waals surface area contributed by atoms with Gasteiger partial charge < -0.3 is 23.4 Å². The van der Waals surface area contributed by atoms with E-state index in [1.165, 1.54) is 13.4 Å². The second-order valence-corrected chi connectivity index (χ2v) is 5.80. The first-order valence-electron chi connectivity index (χ1n) is 8.63. The number of carbonyl (C=O) groups is 1. The Balaban J connectivity index is 1.93. The highest BCUT2D eigenvalue weighted by Crippen LogP contribution is 2.32. The van der Waals surface area contributed by atoms with Crippen LogP contribution >= 0.6 is 0 Å². The zero-order valence-electron chi connectivity index (χ0n) is 15.8. The van der Waals surface area contributed by atoms with Crippen LogP contribution in [0.25, 0.3) is 22.1 Å². The maximum Gasteiger partial charge on any atom is 0.344 e. The molecule has 0 bridgehead atoms. The quantitative estimate of drug-likeness (QED) is 0.577. The number of fused-ring (bicyclic) bond motifs is 1. The number of ether oxygens (including phenoxy) is 4. The van der Waals surface area contributed by atoms with Crippen molar-refractivity contribution >= 4 is 16.9 Å². The Morgan fingerprint density at radius 3 is 2.54 bits per heavy atom. The Morgan fingerprint density at radius 1 is 1.04 bits per heavy atom. The summed E-state index contributed by atoms with van der Waals surface area (Å²) in [4.78, 5) is 24.3. The Kier molecular flexibility index (Phi) is 5.84. The third-order valence-corrected chi connectivity index (χ3v) is 4.10. The highest BCUT2D eigenvalue weighted by Gasteiger charge is 2.13. The maximum absolute atomic E-state index is 12.9. The van der Waals surface area contributed by atoms with Crippen LogP contribution in [0.2, 0.25) is 0 Å². The lowest BCUT2D eigenvalue weighted by molar-refractivity contribution is -0.145. The van der Waals surface area contributed by atoms with E-state index in [4.69, 9.17) is 23.4 Å². The van der Waals surface area contributed by atoms with E-state index in [-0.39, 0.29) is 18.6 Å². The second kappa shape index (κ2) is 8.47. The van der Waals surface area contributed by atoms with Crippen molar-refractivity contribution in [3.63, 3.8) is 0 Å². The lowest BCUT2D eigenvalue weighted by atomic mass is 10.0. The van der Waals surface area contributed by atoms with Gasteiger partial charge in [0.1, 0.15) is 17.6 Å². The van der Waals surface area contributed by atoms with Crippen LogP contribution in [0.3, 0.4) is 0 Å². The number of benzene rings is 2. The molecular formula is C21H20O7. The zero-order chi connectivity index (χ0) is 20.1. The van der Waals surface area contributed by atoms with Gasteiger partial charge in [0, 0.05) is 6.07 Å². The van der Waals surface area contributed by atoms with Crippen molar-refractivity contribution in [1.29, 1.82) is 0 Å². The molecule has 0 aliphatic rings. The van der Waals surface area contributed by atoms with Gasteiger partial charge in [-0.3, -0.25) is 4.79 Å². The molecule has 146 valence electrons. The SMILES string of the molecule is CCOC(=O)COc1ccc2c(=O)c(-c3ccc(OC)c(OC)c3)coc2c1. The summed E-state index contributed by atoms with van der Waals surface area (Å²) in [5.41, 5.74) is 1.21. The Bertz CT molecular complexity index is 1050. The molecule has 0 fully saturated rings. The van der Waals surface area contributed by atoms with Crippen molar-refractivity contribution in [3.05, 3.63) is 52.9 Å². The van der Waals surface area contributed by atoms with E-state index >= 15 is 0 Å². The molecule has 0 spiro atoms. The number of hydrogen-bond donors (Lipinski definition) is 0. The topological polar surface area (TPSA) is 84.2 Å². The third-order valence-electron chi connectivity index (χ3n) is 4.10. The van der Waals surface area contributed by atoms with E-state index in [2.05, 4.69) is 0 Å². The van der Waals surface area contributed by atoms with Crippen LogP contribution in [-0.4, -0.2) is 33.4 Å². The molecule has 2 aromatic carbocycles. The molecule has 0 N–H and O–H groups in total. The molecule has 0 unspecified atom stereocenters. The van der Waals surface area contributed by atoms with Gasteiger partial charge in [0.15, 0.2) is 23.5 Å². The predicted molar refractivity (Wildman–Crippen MR) is 103 cm³/mol. The molecule has 28 heavy (non-hydrogen) atoms. The van der Waals surface area contributed by atoms with Crippen LogP contribution in [0.1, 0.15) is 6.92 Å². The molecule has 0 radical (unpaired) electrons. The lowest BCUT2D eigenvalue weighted by Gasteiger charge is -2.10. The highest BCUT2D eigenvalue weighted by molar-refractivity contribution is 5.83. The average Bonchev–Trinajstić information content (AvgIpc) is 2.72. The molecule has 0 amide bonds. The fourth-order valence-corrected chi connectivity index (χ4v) is 2.75. The smallest absolute Gasteiger partial charge is 0.344 e. The number of esters is 1. The molecule has 3 aromatic rings. The van der Waals surface area contributed by atoms with Gasteiger partial charge in [0.2, 0.25) is 0 Å². The van der Waals surface area contributed by atoms with E-state index in [1.54, 1.807) is 50.4 Å². The van der Waals surface area contributed by atoms with E-state index in [1.807, 2.05) is 0 Å². The number of rotatable bonds is 7. The van der Waals surface area contributed by atoms with E-state index in [0.29, 0.717) is 39.3 Å². The minimum Gasteiger partial charge on any atom is -0.493 e. The molecule has 0 atom stereocenters. The zero-order valence-corrected chi connectivity index (χ0v) is 15.8. The number of methoxy groups -OCH3 is 2. The molecule has 0 saturated heterocycles. The van der Waals surface area contributed by atoms with Crippen LogP contribution in [-0.2, 0) is 9.53 Å². The van der Waals surface area contributed by atoms with Crippen molar-refractivity contribution in [2.45, 2.75) is 6.92 Å². The number of carbonyl (C=O) groups excluding carboxylic acids is 1. The van der Waals surface area contributed by atoms with E-state index < -0.39 is 5.97 Å². The summed E-state index contributed by atoms with van der Waals surface area (Å²) < 4.78 is 26.3. The molecule has 1 heterocycles. The summed E-state index contributed by atoms with van der Waals surface area (Å²) in [6.45, 7) is 1.79. The van der Waals surface area contributed by atoms with Gasteiger partial charge in [0.05, 0.1) is 31.8 Å². The second-order valence-electron chi connectivity index (χ2n) is 5.80. The van der Waals surface area contributed by atoms with E-state index in [9.17, 15) is 9.59 Å². The summed E-state index contributed by atoms with van der Waals surface area (Å²) in [6, 6.07) is 9.98. The lowest BCUT2D eigenvalue weighted by Crippen LogP contribution is -2.14. The van der Waals surface area contributed by atoms with Gasteiger partial charge in [-0.25, -0.2) is 4.79 Å². The van der Waals surface area contributed by atoms with Crippen molar-refractivity contribution in [3.8, 4) is 28.4 Å². The minimum atomic E-state index is -0.465. The molecule has 1 aromatic heterocycles. The van der Waals surface area contributed by atoms with Crippen molar-refractivity contribution in [2.24, 2.45) is 0 Å². The first-order valence-corrected chi connectivity index (χ1v) is 8.63. The molecule has 0 aliphatic heterocycles. The Morgan fingerprint density at radius 2 is 1.82 bits per heavy atom. The summed E-state index contributed by atoms with van der Waals surface area (Å²) in [6.07, 6.45) is 1.39. The minimum absolute atomic E-state index is 0.189. The third kappa shape index (κ3) is 3.93. The monoisotopic (exact) mass is 384 g/mol. The predicted octanol–water partition coefficient (Wildman–Crippen LogP) is 3.42. The van der Waals surface area contributed by atoms with Crippen LogP contribution in [0.4, 0.5) is 0 Å². The summed E-state index contributed by atoms with van der Waals surface area (Å²) in [7, 11) is 3.08. The van der Waals surface area contributed by atoms with Crippen molar-refractivity contribution in [1.82, 2.24) is 0 Å². The normalized spacial score (nSPS) is 10.5. The summed E-state index contributed by atoms with van der Waals surface area (Å²) in [5.74, 6) is 1.03. The Labute approximate surface area is 161 Å². The average molecular weight is 384 g/mol. The standard InChI is InChI=1S/C21H20O7/c1-4-26-20(22)12-27-14-6-7-15-18(10-14)28-11-16(21(15)23)13-5-8-17(24-2)19(9-13)25-3/h5-11H,4,12H2,1-3H3. The molecule has 3 rings (SSSR count). The van der Waals surface area contributed by atoms with Gasteiger partial charge in [-0.15, -0.1) is 0 Å². The fourth-order valence-electron chi connectivity index (χ4n) is 2.75. The molecule has 0 saturated carbocycles. The van der Waals surface area contributed by atoms with Gasteiger partial charge in [-0.2, -0.15) is 0 Å². The van der Waals surface area contributed by atoms with Gasteiger partial charge in [-0.05, 0) is 36.8 Å². The van der Waals surface area contributed by atoms with Crippen LogP contribution < -0.4 is 19.6 Å². The molecule has 7 nitrogen and oxygen atoms in total. The Hall–Kier alpha value is -3.48. The molecule has 0 aliphatic carbocycles.